The number of rotatable bonds is 8. The third kappa shape index (κ3) is 5.93. The van der Waals surface area contributed by atoms with E-state index in [1.807, 2.05) is 12.1 Å². The molecule has 2 aromatic rings. The number of carbonyl (C=O) groups excluding carboxylic acids is 2. The normalized spacial score (nSPS) is 14.7. The van der Waals surface area contributed by atoms with E-state index < -0.39 is 0 Å². The Kier molecular flexibility index (Phi) is 7.62. The van der Waals surface area contributed by atoms with E-state index in [1.165, 1.54) is 0 Å². The molecule has 0 spiro atoms. The van der Waals surface area contributed by atoms with Crippen molar-refractivity contribution in [3.05, 3.63) is 48.3 Å². The highest BCUT2D eigenvalue weighted by molar-refractivity contribution is 5.93. The maximum absolute atomic E-state index is 12.5. The maximum atomic E-state index is 12.5. The number of anilines is 1. The fourth-order valence-corrected chi connectivity index (χ4v) is 3.48. The number of nitrogens with zero attached hydrogens (tertiary/aromatic N) is 2. The molecule has 1 saturated heterocycles. The zero-order chi connectivity index (χ0) is 21.3. The van der Waals surface area contributed by atoms with Gasteiger partial charge in [-0.1, -0.05) is 6.07 Å². The van der Waals surface area contributed by atoms with Crippen LogP contribution in [0.25, 0.3) is 0 Å². The van der Waals surface area contributed by atoms with Crippen molar-refractivity contribution in [1.29, 1.82) is 0 Å². The number of nitrogens with one attached hydrogen (secondary N) is 2. The maximum Gasteiger partial charge on any atom is 0.238 e. The van der Waals surface area contributed by atoms with Crippen molar-refractivity contribution in [2.45, 2.75) is 19.4 Å². The number of aromatic nitrogens is 1. The number of carbonyl (C=O) groups is 2. The summed E-state index contributed by atoms with van der Waals surface area (Å²) < 4.78 is 10.5. The second kappa shape index (κ2) is 10.6. The van der Waals surface area contributed by atoms with Gasteiger partial charge < -0.3 is 20.1 Å². The fourth-order valence-electron chi connectivity index (χ4n) is 3.48. The average Bonchev–Trinajstić information content (AvgIpc) is 2.79. The standard InChI is InChI=1S/C22H28N4O4/c1-29-18-5-6-19(20(12-18)30-2)25-21(27)15-26-10-7-17(8-11-26)22(28)24-14-16-4-3-9-23-13-16/h3-6,9,12-13,17H,7-8,10-11,14-15H2,1-2H3,(H,24,28)(H,25,27). The smallest absolute Gasteiger partial charge is 0.238 e. The molecule has 30 heavy (non-hydrogen) atoms. The van der Waals surface area contributed by atoms with E-state index in [9.17, 15) is 9.59 Å². The molecule has 2 heterocycles. The number of hydrogen-bond acceptors (Lipinski definition) is 6. The fraction of sp³-hybridized carbons (Fsp3) is 0.409. The highest BCUT2D eigenvalue weighted by atomic mass is 16.5. The topological polar surface area (TPSA) is 92.8 Å². The van der Waals surface area contributed by atoms with E-state index in [2.05, 4.69) is 20.5 Å². The Labute approximate surface area is 176 Å². The average molecular weight is 412 g/mol. The molecule has 2 N–H and O–H groups in total. The summed E-state index contributed by atoms with van der Waals surface area (Å²) in [5.74, 6) is 1.13. The van der Waals surface area contributed by atoms with E-state index in [-0.39, 0.29) is 24.3 Å². The van der Waals surface area contributed by atoms with Crippen LogP contribution in [0.4, 0.5) is 5.69 Å². The summed E-state index contributed by atoms with van der Waals surface area (Å²) in [6.45, 7) is 2.18. The number of amides is 2. The molecule has 160 valence electrons. The molecule has 1 aromatic heterocycles. The van der Waals surface area contributed by atoms with Crippen molar-refractivity contribution >= 4 is 17.5 Å². The summed E-state index contributed by atoms with van der Waals surface area (Å²) in [6, 6.07) is 9.05. The first kappa shape index (κ1) is 21.6. The predicted molar refractivity (Wildman–Crippen MR) is 113 cm³/mol. The van der Waals surface area contributed by atoms with Crippen LogP contribution in [0.3, 0.4) is 0 Å². The first-order valence-electron chi connectivity index (χ1n) is 10.00. The summed E-state index contributed by atoms with van der Waals surface area (Å²) in [6.07, 6.45) is 4.93. The molecule has 0 unspecified atom stereocenters. The van der Waals surface area contributed by atoms with Gasteiger partial charge in [0, 0.05) is 30.9 Å². The van der Waals surface area contributed by atoms with Crippen molar-refractivity contribution in [2.24, 2.45) is 5.92 Å². The van der Waals surface area contributed by atoms with Crippen LogP contribution in [0.1, 0.15) is 18.4 Å². The van der Waals surface area contributed by atoms with Crippen molar-refractivity contribution in [1.82, 2.24) is 15.2 Å². The number of hydrogen-bond donors (Lipinski definition) is 2. The molecule has 2 amide bonds. The summed E-state index contributed by atoms with van der Waals surface area (Å²) in [5, 5.41) is 5.86. The van der Waals surface area contributed by atoms with Gasteiger partial charge in [0.1, 0.15) is 11.5 Å². The second-order valence-electron chi connectivity index (χ2n) is 7.24. The summed E-state index contributed by atoms with van der Waals surface area (Å²) in [4.78, 5) is 31.0. The molecule has 1 aliphatic heterocycles. The van der Waals surface area contributed by atoms with Crippen LogP contribution in [-0.4, -0.2) is 55.6 Å². The molecular formula is C22H28N4O4. The molecule has 1 fully saturated rings. The predicted octanol–water partition coefficient (Wildman–Crippen LogP) is 2.07. The Balaban J connectivity index is 1.43. The number of benzene rings is 1. The monoisotopic (exact) mass is 412 g/mol. The van der Waals surface area contributed by atoms with E-state index in [1.54, 1.807) is 44.8 Å². The van der Waals surface area contributed by atoms with E-state index in [0.717, 1.165) is 18.4 Å². The number of likely N-dealkylation sites (tertiary alicyclic amines) is 1. The lowest BCUT2D eigenvalue weighted by atomic mass is 9.96. The van der Waals surface area contributed by atoms with Crippen LogP contribution in [0.5, 0.6) is 11.5 Å². The molecule has 3 rings (SSSR count). The highest BCUT2D eigenvalue weighted by Crippen LogP contribution is 2.29. The largest absolute Gasteiger partial charge is 0.497 e. The van der Waals surface area contributed by atoms with Crippen molar-refractivity contribution < 1.29 is 19.1 Å². The molecule has 8 heteroatoms. The minimum atomic E-state index is -0.113. The number of ether oxygens (including phenoxy) is 2. The quantitative estimate of drug-likeness (QED) is 0.690. The van der Waals surface area contributed by atoms with Crippen LogP contribution < -0.4 is 20.1 Å². The van der Waals surface area contributed by atoms with Gasteiger partial charge in [0.2, 0.25) is 11.8 Å². The lowest BCUT2D eigenvalue weighted by Crippen LogP contribution is -2.43. The summed E-state index contributed by atoms with van der Waals surface area (Å²) in [7, 11) is 3.13. The third-order valence-electron chi connectivity index (χ3n) is 5.20. The molecule has 8 nitrogen and oxygen atoms in total. The third-order valence-corrected chi connectivity index (χ3v) is 5.20. The first-order valence-corrected chi connectivity index (χ1v) is 10.00. The van der Waals surface area contributed by atoms with Gasteiger partial charge in [-0.25, -0.2) is 0 Å². The molecule has 1 aromatic carbocycles. The van der Waals surface area contributed by atoms with E-state index >= 15 is 0 Å². The minimum absolute atomic E-state index is 0.0253. The van der Waals surface area contributed by atoms with Gasteiger partial charge in [0.25, 0.3) is 0 Å². The zero-order valence-corrected chi connectivity index (χ0v) is 17.4. The van der Waals surface area contributed by atoms with Gasteiger partial charge in [-0.3, -0.25) is 19.5 Å². The van der Waals surface area contributed by atoms with Gasteiger partial charge in [0.05, 0.1) is 26.5 Å². The van der Waals surface area contributed by atoms with Gasteiger partial charge in [-0.2, -0.15) is 0 Å². The van der Waals surface area contributed by atoms with Crippen LogP contribution in [0.2, 0.25) is 0 Å². The molecule has 0 atom stereocenters. The molecule has 0 saturated carbocycles. The Morgan fingerprint density at radius 1 is 1.17 bits per heavy atom. The van der Waals surface area contributed by atoms with Gasteiger partial charge in [-0.05, 0) is 49.7 Å². The van der Waals surface area contributed by atoms with Crippen LogP contribution in [-0.2, 0) is 16.1 Å². The number of piperidine rings is 1. The molecular weight excluding hydrogens is 384 g/mol. The molecule has 0 radical (unpaired) electrons. The summed E-state index contributed by atoms with van der Waals surface area (Å²) >= 11 is 0. The lowest BCUT2D eigenvalue weighted by molar-refractivity contribution is -0.126. The Hall–Kier alpha value is -3.13. The Morgan fingerprint density at radius 3 is 2.63 bits per heavy atom. The van der Waals surface area contributed by atoms with Gasteiger partial charge >= 0.3 is 0 Å². The number of methoxy groups -OCH3 is 2. The van der Waals surface area contributed by atoms with Crippen molar-refractivity contribution in [3.8, 4) is 11.5 Å². The minimum Gasteiger partial charge on any atom is -0.497 e. The molecule has 0 aliphatic carbocycles. The Morgan fingerprint density at radius 2 is 1.97 bits per heavy atom. The Bertz CT molecular complexity index is 851. The molecule has 0 bridgehead atoms. The SMILES string of the molecule is COc1ccc(NC(=O)CN2CCC(C(=O)NCc3cccnc3)CC2)c(OC)c1. The first-order chi connectivity index (χ1) is 14.6. The van der Waals surface area contributed by atoms with Crippen LogP contribution >= 0.6 is 0 Å². The van der Waals surface area contributed by atoms with Crippen LogP contribution in [0, 0.1) is 5.92 Å². The highest BCUT2D eigenvalue weighted by Gasteiger charge is 2.26. The second-order valence-corrected chi connectivity index (χ2v) is 7.24. The van der Waals surface area contributed by atoms with Crippen molar-refractivity contribution in [2.75, 3.05) is 39.2 Å². The zero-order valence-electron chi connectivity index (χ0n) is 17.4. The molecule has 1 aliphatic rings. The van der Waals surface area contributed by atoms with E-state index in [4.69, 9.17) is 9.47 Å². The van der Waals surface area contributed by atoms with Gasteiger partial charge in [0.15, 0.2) is 0 Å². The summed E-state index contributed by atoms with van der Waals surface area (Å²) in [5.41, 5.74) is 1.59. The van der Waals surface area contributed by atoms with Crippen molar-refractivity contribution in [3.63, 3.8) is 0 Å². The van der Waals surface area contributed by atoms with E-state index in [0.29, 0.717) is 36.8 Å². The lowest BCUT2D eigenvalue weighted by Gasteiger charge is -2.30. The van der Waals surface area contributed by atoms with Gasteiger partial charge in [-0.15, -0.1) is 0 Å². The van der Waals surface area contributed by atoms with Crippen LogP contribution in [0.15, 0.2) is 42.7 Å². The number of pyridine rings is 1.